The summed E-state index contributed by atoms with van der Waals surface area (Å²) in [6, 6.07) is -0.0106. The van der Waals surface area contributed by atoms with Crippen molar-refractivity contribution in [3.05, 3.63) is 0 Å². The van der Waals surface area contributed by atoms with Gasteiger partial charge in [0, 0.05) is 97.4 Å². The third kappa shape index (κ3) is 29.6. The number of hydrogen-bond donors (Lipinski definition) is 12. The van der Waals surface area contributed by atoms with Gasteiger partial charge >= 0.3 is 0 Å². The molecule has 19 nitrogen and oxygen atoms in total. The summed E-state index contributed by atoms with van der Waals surface area (Å²) in [5.74, 6) is 0.443. The number of carbonyl (C=O) groups is 7. The molecule has 2 saturated carbocycles. The van der Waals surface area contributed by atoms with Crippen LogP contribution in [0.1, 0.15) is 200 Å². The van der Waals surface area contributed by atoms with Gasteiger partial charge in [-0.3, -0.25) is 33.6 Å². The van der Waals surface area contributed by atoms with Crippen LogP contribution in [0.3, 0.4) is 0 Å². The first-order valence-corrected chi connectivity index (χ1v) is 33.0. The first-order valence-electron chi connectivity index (χ1n) is 33.0. The van der Waals surface area contributed by atoms with Crippen LogP contribution < -0.4 is 26.6 Å². The van der Waals surface area contributed by atoms with Gasteiger partial charge in [0.25, 0.3) is 0 Å². The number of nitrogens with one attached hydrogen (secondary N) is 5. The highest BCUT2D eigenvalue weighted by Gasteiger charge is 2.35. The topological polar surface area (TPSA) is 321 Å². The zero-order valence-corrected chi connectivity index (χ0v) is 55.1. The van der Waals surface area contributed by atoms with Gasteiger partial charge in [-0.05, 0) is 109 Å². The van der Waals surface area contributed by atoms with Gasteiger partial charge in [-0.25, -0.2) is 0 Å². The molecule has 5 saturated heterocycles. The zero-order chi connectivity index (χ0) is 64.7. The summed E-state index contributed by atoms with van der Waals surface area (Å²) in [6.07, 6.45) is 11.8. The molecule has 19 heteroatoms. The number of rotatable bonds is 21. The number of Topliss-reactive ketones (excluding diaryl/α,β-unsaturated/α-hetero) is 7. The molecule has 0 radical (unpaired) electrons. The second kappa shape index (κ2) is 43.0. The van der Waals surface area contributed by atoms with Crippen molar-refractivity contribution < 1.29 is 69.3 Å². The predicted octanol–water partition coefficient (Wildman–Crippen LogP) is 5.11. The fourth-order valence-corrected chi connectivity index (χ4v) is 10.9. The molecular weight excluding hydrogens is 1090 g/mol. The van der Waals surface area contributed by atoms with Crippen LogP contribution in [0.4, 0.5) is 0 Å². The highest BCUT2D eigenvalue weighted by Crippen LogP contribution is 2.31. The molecule has 7 rings (SSSR count). The monoisotopic (exact) mass is 1210 g/mol. The summed E-state index contributed by atoms with van der Waals surface area (Å²) in [7, 11) is 0. The Morgan fingerprint density at radius 1 is 0.259 bits per heavy atom. The summed E-state index contributed by atoms with van der Waals surface area (Å²) >= 11 is 0. The summed E-state index contributed by atoms with van der Waals surface area (Å²) in [5, 5.41) is 82.9. The lowest BCUT2D eigenvalue weighted by Gasteiger charge is -2.31. The van der Waals surface area contributed by atoms with Crippen molar-refractivity contribution in [2.45, 2.75) is 254 Å². The molecular formula is C66H123N5O14. The molecule has 0 spiro atoms. The van der Waals surface area contributed by atoms with E-state index in [1.807, 2.05) is 96.9 Å². The quantitative estimate of drug-likeness (QED) is 0.0710. The Balaban J connectivity index is 0.000000496. The van der Waals surface area contributed by atoms with Crippen molar-refractivity contribution in [1.29, 1.82) is 0 Å². The molecule has 12 N–H and O–H groups in total. The molecule has 0 amide bonds. The van der Waals surface area contributed by atoms with Crippen molar-refractivity contribution in [2.24, 2.45) is 71.0 Å². The van der Waals surface area contributed by atoms with Crippen molar-refractivity contribution in [3.63, 3.8) is 0 Å². The molecule has 496 valence electrons. The fourth-order valence-electron chi connectivity index (χ4n) is 10.9. The zero-order valence-electron chi connectivity index (χ0n) is 55.1. The van der Waals surface area contributed by atoms with Crippen LogP contribution in [-0.2, 0) is 33.6 Å². The van der Waals surface area contributed by atoms with Crippen LogP contribution in [-0.4, -0.2) is 183 Å². The van der Waals surface area contributed by atoms with E-state index in [9.17, 15) is 69.3 Å². The fraction of sp³-hybridized carbons (Fsp3) is 0.894. The second-order valence-electron chi connectivity index (χ2n) is 27.1. The van der Waals surface area contributed by atoms with Crippen LogP contribution >= 0.6 is 0 Å². The maximum Gasteiger partial charge on any atom is 0.165 e. The van der Waals surface area contributed by atoms with Gasteiger partial charge in [-0.1, -0.05) is 129 Å². The standard InChI is InChI=1S/C11H20O2.2C10H19NO2.2C9H17NO2.C9H16O2.C8H15NO2/c1-8(2)10(12)11(13)9-6-4-3-5-7-9;1-7(2)9(12)10(13)8-4-3-5-11-6-8;1-7(2)9(12)10(13)8-5-3-4-6-11-8;1-6(2)8(11)9(12)7-3-4-10-5-7;1-6(2)8(11)9(12)7-4-3-5-10-7;1-6(2)8(10)9(11)7-4-3-5-7;1-5(2)7(10)8(11)6-3-9-4-6/h8-9,11,13H,3-7H2,1-2H3;2*7-8,10-11,13H,3-6H2,1-2H3;2*6-7,9-10,12H,3-5H2,1-2H3;6-7,9,11H,3-5H2,1-2H3;5-6,8-9,11H,3-4H2,1-2H3. The van der Waals surface area contributed by atoms with Crippen LogP contribution in [0.2, 0.25) is 0 Å². The van der Waals surface area contributed by atoms with E-state index in [1.165, 1.54) is 25.7 Å². The Morgan fingerprint density at radius 3 is 0.800 bits per heavy atom. The van der Waals surface area contributed by atoms with Gasteiger partial charge < -0.3 is 62.3 Å². The number of carbonyl (C=O) groups excluding carboxylic acids is 7. The lowest BCUT2D eigenvalue weighted by Crippen LogP contribution is -2.51. The first kappa shape index (κ1) is 80.2. The smallest absolute Gasteiger partial charge is 0.165 e. The van der Waals surface area contributed by atoms with Gasteiger partial charge in [0.15, 0.2) is 40.5 Å². The van der Waals surface area contributed by atoms with E-state index in [4.69, 9.17) is 0 Å². The maximum absolute atomic E-state index is 11.5. The average molecular weight is 1210 g/mol. The van der Waals surface area contributed by atoms with E-state index >= 15 is 0 Å². The Kier molecular flexibility index (Phi) is 40.6. The van der Waals surface area contributed by atoms with Gasteiger partial charge in [0.2, 0.25) is 0 Å². The third-order valence-corrected chi connectivity index (χ3v) is 17.5. The number of hydrogen-bond acceptors (Lipinski definition) is 19. The average Bonchev–Trinajstić information content (AvgIpc) is 4.41. The minimum Gasteiger partial charge on any atom is -0.385 e. The van der Waals surface area contributed by atoms with Crippen molar-refractivity contribution in [3.8, 4) is 0 Å². The number of aliphatic hydroxyl groups excluding tert-OH is 7. The summed E-state index contributed by atoms with van der Waals surface area (Å²) in [6.45, 7) is 32.5. The normalized spacial score (nSPS) is 24.2. The molecule has 0 bridgehead atoms. The number of ketones is 7. The van der Waals surface area contributed by atoms with E-state index in [1.54, 1.807) is 0 Å². The van der Waals surface area contributed by atoms with Crippen LogP contribution in [0.25, 0.3) is 0 Å². The van der Waals surface area contributed by atoms with Crippen molar-refractivity contribution in [1.82, 2.24) is 26.6 Å². The molecule has 7 aliphatic rings. The molecule has 2 aliphatic carbocycles. The molecule has 0 aromatic rings. The van der Waals surface area contributed by atoms with E-state index in [-0.39, 0.29) is 124 Å². The summed E-state index contributed by atoms with van der Waals surface area (Å²) in [4.78, 5) is 79.5. The molecule has 7 fully saturated rings. The third-order valence-electron chi connectivity index (χ3n) is 17.5. The van der Waals surface area contributed by atoms with Crippen molar-refractivity contribution in [2.75, 3.05) is 52.4 Å². The first-order chi connectivity index (χ1) is 39.9. The molecule has 11 unspecified atom stereocenters. The van der Waals surface area contributed by atoms with Gasteiger partial charge in [-0.2, -0.15) is 0 Å². The summed E-state index contributed by atoms with van der Waals surface area (Å²) in [5.41, 5.74) is 0. The molecule has 5 aliphatic heterocycles. The number of piperidine rings is 2. The van der Waals surface area contributed by atoms with Crippen molar-refractivity contribution >= 4 is 40.5 Å². The number of aliphatic hydroxyl groups is 7. The SMILES string of the molecule is CC(C)C(=O)C(O)C1CCC1.CC(C)C(=O)C(O)C1CCCCC1.CC(C)C(=O)C(O)C1CCCCN1.CC(C)C(=O)C(O)C1CCCN1.CC(C)C(=O)C(O)C1CCCNC1.CC(C)C(=O)C(O)C1CCNC1.CC(C)C(=O)C(O)C1CNC1. The Hall–Kier alpha value is -2.79. The highest BCUT2D eigenvalue weighted by atomic mass is 16.3. The highest BCUT2D eigenvalue weighted by molar-refractivity contribution is 5.87. The Morgan fingerprint density at radius 2 is 0.529 bits per heavy atom. The van der Waals surface area contributed by atoms with E-state index in [0.717, 1.165) is 129 Å². The largest absolute Gasteiger partial charge is 0.385 e. The van der Waals surface area contributed by atoms with Crippen LogP contribution in [0.15, 0.2) is 0 Å². The Labute approximate surface area is 512 Å². The Bertz CT molecular complexity index is 1730. The maximum atomic E-state index is 11.5. The van der Waals surface area contributed by atoms with Gasteiger partial charge in [0.1, 0.15) is 42.7 Å². The molecule has 0 aromatic heterocycles. The molecule has 5 heterocycles. The van der Waals surface area contributed by atoms with Gasteiger partial charge in [-0.15, -0.1) is 0 Å². The van der Waals surface area contributed by atoms with Gasteiger partial charge in [0.05, 0.1) is 0 Å². The second-order valence-corrected chi connectivity index (χ2v) is 27.1. The molecule has 11 atom stereocenters. The van der Waals surface area contributed by atoms with E-state index in [0.29, 0.717) is 0 Å². The lowest BCUT2D eigenvalue weighted by atomic mass is 9.78. The van der Waals surface area contributed by atoms with Crippen LogP contribution in [0, 0.1) is 71.0 Å². The predicted molar refractivity (Wildman–Crippen MR) is 334 cm³/mol. The minimum absolute atomic E-state index is 0.0000926. The van der Waals surface area contributed by atoms with E-state index in [2.05, 4.69) is 26.6 Å². The minimum atomic E-state index is -0.805. The molecule has 85 heavy (non-hydrogen) atoms. The molecule has 0 aromatic carbocycles. The van der Waals surface area contributed by atoms with Crippen LogP contribution in [0.5, 0.6) is 0 Å². The van der Waals surface area contributed by atoms with E-state index < -0.39 is 42.7 Å². The lowest BCUT2D eigenvalue weighted by molar-refractivity contribution is -0.135. The summed E-state index contributed by atoms with van der Waals surface area (Å²) < 4.78 is 0.